The van der Waals surface area contributed by atoms with Crippen LogP contribution in [0.4, 0.5) is 0 Å². The molecule has 0 saturated heterocycles. The van der Waals surface area contributed by atoms with Gasteiger partial charge in [-0.2, -0.15) is 5.10 Å². The molecule has 148 valence electrons. The minimum absolute atomic E-state index is 0.0647. The van der Waals surface area contributed by atoms with Crippen molar-refractivity contribution in [2.75, 3.05) is 5.75 Å². The van der Waals surface area contributed by atoms with Crippen LogP contribution in [0, 0.1) is 5.92 Å². The topological polar surface area (TPSA) is 64.0 Å². The van der Waals surface area contributed by atoms with Crippen LogP contribution in [0.1, 0.15) is 30.8 Å². The molecule has 0 amide bonds. The summed E-state index contributed by atoms with van der Waals surface area (Å²) in [4.78, 5) is 0. The Morgan fingerprint density at radius 3 is 2.29 bits per heavy atom. The molecule has 1 N–H and O–H groups in total. The van der Waals surface area contributed by atoms with Crippen molar-refractivity contribution in [1.29, 1.82) is 0 Å². The number of sulfonamides is 1. The van der Waals surface area contributed by atoms with Gasteiger partial charge in [-0.1, -0.05) is 62.4 Å². The first-order chi connectivity index (χ1) is 13.4. The third kappa shape index (κ3) is 5.78. The Balaban J connectivity index is 1.69. The summed E-state index contributed by atoms with van der Waals surface area (Å²) in [5, 5.41) is 4.64. The molecule has 0 spiro atoms. The summed E-state index contributed by atoms with van der Waals surface area (Å²) >= 11 is 0. The summed E-state index contributed by atoms with van der Waals surface area (Å²) in [5.74, 6) is 0.546. The van der Waals surface area contributed by atoms with Gasteiger partial charge in [0.1, 0.15) is 0 Å². The second-order valence-corrected chi connectivity index (χ2v) is 9.27. The first kappa shape index (κ1) is 20.3. The zero-order valence-corrected chi connectivity index (χ0v) is 17.2. The molecule has 5 nitrogen and oxygen atoms in total. The molecule has 28 heavy (non-hydrogen) atoms. The average molecular weight is 398 g/mol. The lowest BCUT2D eigenvalue weighted by Crippen LogP contribution is -2.27. The number of hydrogen-bond acceptors (Lipinski definition) is 3. The second-order valence-electron chi connectivity index (χ2n) is 7.35. The molecule has 0 unspecified atom stereocenters. The number of benzene rings is 2. The van der Waals surface area contributed by atoms with E-state index in [1.165, 1.54) is 0 Å². The molecule has 0 fully saturated rings. The minimum Gasteiger partial charge on any atom is -0.238 e. The molecule has 0 aliphatic heterocycles. The minimum atomic E-state index is -3.37. The van der Waals surface area contributed by atoms with E-state index in [9.17, 15) is 8.42 Å². The Morgan fingerprint density at radius 2 is 1.64 bits per heavy atom. The Labute approximate surface area is 167 Å². The molecule has 1 aromatic heterocycles. The van der Waals surface area contributed by atoms with Gasteiger partial charge in [-0.3, -0.25) is 0 Å². The van der Waals surface area contributed by atoms with Gasteiger partial charge in [-0.15, -0.1) is 0 Å². The lowest BCUT2D eigenvalue weighted by Gasteiger charge is -2.09. The maximum atomic E-state index is 12.4. The Bertz CT molecular complexity index is 981. The van der Waals surface area contributed by atoms with E-state index in [1.54, 1.807) is 0 Å². The van der Waals surface area contributed by atoms with Gasteiger partial charge in [-0.05, 0) is 42.5 Å². The van der Waals surface area contributed by atoms with Gasteiger partial charge in [0.2, 0.25) is 10.0 Å². The van der Waals surface area contributed by atoms with Crippen molar-refractivity contribution in [3.63, 3.8) is 0 Å². The molecular formula is C22H27N3O2S. The maximum Gasteiger partial charge on any atom is 0.212 e. The number of aryl methyl sites for hydroxylation is 1. The Morgan fingerprint density at radius 1 is 1.00 bits per heavy atom. The van der Waals surface area contributed by atoms with E-state index in [1.807, 2.05) is 71.4 Å². The van der Waals surface area contributed by atoms with Crippen molar-refractivity contribution in [2.24, 2.45) is 5.92 Å². The van der Waals surface area contributed by atoms with E-state index < -0.39 is 10.0 Å². The largest absolute Gasteiger partial charge is 0.238 e. The van der Waals surface area contributed by atoms with Crippen molar-refractivity contribution >= 4 is 10.0 Å². The predicted octanol–water partition coefficient (Wildman–Crippen LogP) is 3.73. The third-order valence-corrected chi connectivity index (χ3v) is 5.75. The summed E-state index contributed by atoms with van der Waals surface area (Å²) in [5.41, 5.74) is 3.80. The van der Waals surface area contributed by atoms with Crippen LogP contribution in [0.15, 0.2) is 66.7 Å². The monoisotopic (exact) mass is 397 g/mol. The number of nitrogens with one attached hydrogen (secondary N) is 1. The highest BCUT2D eigenvalue weighted by Crippen LogP contribution is 2.16. The number of hydrogen-bond donors (Lipinski definition) is 1. The lowest BCUT2D eigenvalue weighted by atomic mass is 10.1. The van der Waals surface area contributed by atoms with Crippen LogP contribution < -0.4 is 4.72 Å². The maximum absolute atomic E-state index is 12.4. The van der Waals surface area contributed by atoms with Gasteiger partial charge in [0, 0.05) is 5.69 Å². The molecule has 0 radical (unpaired) electrons. The first-order valence-electron chi connectivity index (χ1n) is 9.57. The van der Waals surface area contributed by atoms with Crippen LogP contribution >= 0.6 is 0 Å². The molecule has 3 rings (SSSR count). The molecule has 6 heteroatoms. The van der Waals surface area contributed by atoms with Crippen LogP contribution in [0.2, 0.25) is 0 Å². The van der Waals surface area contributed by atoms with E-state index >= 15 is 0 Å². The Kier molecular flexibility index (Phi) is 6.65. The SMILES string of the molecule is CC(C)Cc1cc(CNS(=O)(=O)CCc2ccccc2)nn1-c1ccccc1. The lowest BCUT2D eigenvalue weighted by molar-refractivity contribution is 0.579. The van der Waals surface area contributed by atoms with Gasteiger partial charge in [0.15, 0.2) is 0 Å². The summed E-state index contributed by atoms with van der Waals surface area (Å²) in [7, 11) is -3.37. The van der Waals surface area contributed by atoms with E-state index in [0.29, 0.717) is 12.3 Å². The fourth-order valence-corrected chi connectivity index (χ4v) is 4.09. The molecule has 0 aliphatic rings. The van der Waals surface area contributed by atoms with Gasteiger partial charge >= 0.3 is 0 Å². The third-order valence-electron chi connectivity index (χ3n) is 4.43. The molecule has 1 heterocycles. The van der Waals surface area contributed by atoms with Crippen LogP contribution in [-0.4, -0.2) is 24.0 Å². The van der Waals surface area contributed by atoms with Gasteiger partial charge < -0.3 is 0 Å². The van der Waals surface area contributed by atoms with Gasteiger partial charge in [-0.25, -0.2) is 17.8 Å². The van der Waals surface area contributed by atoms with Crippen molar-refractivity contribution < 1.29 is 8.42 Å². The van der Waals surface area contributed by atoms with Crippen molar-refractivity contribution in [1.82, 2.24) is 14.5 Å². The molecule has 0 saturated carbocycles. The highest BCUT2D eigenvalue weighted by Gasteiger charge is 2.15. The van der Waals surface area contributed by atoms with Crippen molar-refractivity contribution in [2.45, 2.75) is 33.2 Å². The van der Waals surface area contributed by atoms with E-state index in [0.717, 1.165) is 29.1 Å². The fraction of sp³-hybridized carbons (Fsp3) is 0.318. The molecule has 0 aliphatic carbocycles. The summed E-state index contributed by atoms with van der Waals surface area (Å²) in [6.45, 7) is 4.52. The smallest absolute Gasteiger partial charge is 0.212 e. The second kappa shape index (κ2) is 9.17. The molecular weight excluding hydrogens is 370 g/mol. The van der Waals surface area contributed by atoms with Gasteiger partial charge in [0.05, 0.1) is 23.7 Å². The summed E-state index contributed by atoms with van der Waals surface area (Å²) in [6, 6.07) is 21.6. The summed E-state index contributed by atoms with van der Waals surface area (Å²) < 4.78 is 29.3. The molecule has 3 aromatic rings. The van der Waals surface area contributed by atoms with Crippen molar-refractivity contribution in [3.8, 4) is 5.69 Å². The number of para-hydroxylation sites is 1. The van der Waals surface area contributed by atoms with E-state index in [-0.39, 0.29) is 12.3 Å². The van der Waals surface area contributed by atoms with Gasteiger partial charge in [0.25, 0.3) is 0 Å². The van der Waals surface area contributed by atoms with E-state index in [2.05, 4.69) is 23.7 Å². The summed E-state index contributed by atoms with van der Waals surface area (Å²) in [6.07, 6.45) is 1.37. The zero-order chi connectivity index (χ0) is 20.0. The predicted molar refractivity (Wildman–Crippen MR) is 113 cm³/mol. The molecule has 0 atom stereocenters. The highest BCUT2D eigenvalue weighted by molar-refractivity contribution is 7.89. The molecule has 0 bridgehead atoms. The fourth-order valence-electron chi connectivity index (χ4n) is 3.07. The standard InChI is InChI=1S/C22H27N3O2S/c1-18(2)15-22-16-20(24-25(22)21-11-7-4-8-12-21)17-23-28(26,27)14-13-19-9-5-3-6-10-19/h3-12,16,18,23H,13-15,17H2,1-2H3. The van der Waals surface area contributed by atoms with Crippen LogP contribution in [0.25, 0.3) is 5.69 Å². The normalized spacial score (nSPS) is 11.8. The number of rotatable bonds is 9. The van der Waals surface area contributed by atoms with Crippen LogP contribution in [0.5, 0.6) is 0 Å². The first-order valence-corrected chi connectivity index (χ1v) is 11.2. The van der Waals surface area contributed by atoms with Crippen LogP contribution in [-0.2, 0) is 29.4 Å². The molecule has 2 aromatic carbocycles. The van der Waals surface area contributed by atoms with Crippen LogP contribution in [0.3, 0.4) is 0 Å². The average Bonchev–Trinajstić information content (AvgIpc) is 3.09. The Hall–Kier alpha value is -2.44. The zero-order valence-electron chi connectivity index (χ0n) is 16.4. The number of aromatic nitrogens is 2. The highest BCUT2D eigenvalue weighted by atomic mass is 32.2. The quantitative estimate of drug-likeness (QED) is 0.598. The number of nitrogens with zero attached hydrogens (tertiary/aromatic N) is 2. The van der Waals surface area contributed by atoms with Crippen molar-refractivity contribution in [3.05, 3.63) is 83.7 Å². The van der Waals surface area contributed by atoms with E-state index in [4.69, 9.17) is 0 Å².